The van der Waals surface area contributed by atoms with Crippen molar-refractivity contribution in [3.63, 3.8) is 0 Å². The second-order valence-electron chi connectivity index (χ2n) is 3.36. The third-order valence-corrected chi connectivity index (χ3v) is 2.75. The fourth-order valence-electron chi connectivity index (χ4n) is 2.01. The first-order valence-electron chi connectivity index (χ1n) is 4.50. The van der Waals surface area contributed by atoms with Gasteiger partial charge < -0.3 is 9.47 Å². The summed E-state index contributed by atoms with van der Waals surface area (Å²) in [6.45, 7) is 0. The molecule has 15 heavy (non-hydrogen) atoms. The second-order valence-corrected chi connectivity index (χ2v) is 3.36. The van der Waals surface area contributed by atoms with Gasteiger partial charge in [-0.2, -0.15) is 0 Å². The van der Waals surface area contributed by atoms with E-state index in [1.54, 1.807) is 18.2 Å². The summed E-state index contributed by atoms with van der Waals surface area (Å²) in [4.78, 5) is 23.2. The molecule has 1 fully saturated rings. The average molecular weight is 209 g/mol. The molecule has 2 aliphatic rings. The van der Waals surface area contributed by atoms with Crippen molar-refractivity contribution in [3.05, 3.63) is 24.0 Å². The minimum absolute atomic E-state index is 0.348. The molecule has 0 bridgehead atoms. The summed E-state index contributed by atoms with van der Waals surface area (Å²) < 4.78 is 10.3. The Kier molecular flexibility index (Phi) is 2.12. The highest BCUT2D eigenvalue weighted by Crippen LogP contribution is 2.38. The maximum absolute atomic E-state index is 11.7. The number of allylic oxidation sites excluding steroid dienone is 2. The lowest BCUT2D eigenvalue weighted by molar-refractivity contribution is -0.140. The lowest BCUT2D eigenvalue weighted by atomic mass is 9.84. The van der Waals surface area contributed by atoms with Crippen LogP contribution in [0, 0.1) is 5.92 Å². The van der Waals surface area contributed by atoms with Crippen LogP contribution < -0.4 is 5.32 Å². The van der Waals surface area contributed by atoms with Crippen LogP contribution >= 0.6 is 0 Å². The fraction of sp³-hybridized carbons (Fsp3) is 0.400. The van der Waals surface area contributed by atoms with Gasteiger partial charge in [-0.25, -0.2) is 0 Å². The maximum Gasteiger partial charge on any atom is 0.267 e. The topological polar surface area (TPSA) is 64.6 Å². The van der Waals surface area contributed by atoms with Crippen molar-refractivity contribution in [1.29, 1.82) is 0 Å². The normalized spacial score (nSPS) is 33.5. The molecular weight excluding hydrogens is 198 g/mol. The highest BCUT2D eigenvalue weighted by Gasteiger charge is 2.59. The third kappa shape index (κ3) is 1.07. The number of fused-ring (bicyclic) bond motifs is 1. The molecule has 1 heterocycles. The number of carbonyl (C=O) groups excluding carboxylic acids is 2. The van der Waals surface area contributed by atoms with E-state index in [1.165, 1.54) is 14.2 Å². The highest BCUT2D eigenvalue weighted by molar-refractivity contribution is 6.12. The van der Waals surface area contributed by atoms with Gasteiger partial charge in [-0.3, -0.25) is 14.9 Å². The van der Waals surface area contributed by atoms with E-state index in [0.717, 1.165) is 0 Å². The monoisotopic (exact) mass is 209 g/mol. The van der Waals surface area contributed by atoms with E-state index in [9.17, 15) is 9.59 Å². The molecule has 2 atom stereocenters. The highest BCUT2D eigenvalue weighted by atomic mass is 16.5. The molecule has 1 N–H and O–H groups in total. The Labute approximate surface area is 86.7 Å². The van der Waals surface area contributed by atoms with Gasteiger partial charge >= 0.3 is 0 Å². The molecule has 5 heteroatoms. The summed E-state index contributed by atoms with van der Waals surface area (Å²) in [5, 5.41) is 2.24. The molecule has 1 saturated heterocycles. The Bertz CT molecular complexity index is 385. The molecule has 2 unspecified atom stereocenters. The van der Waals surface area contributed by atoms with Crippen molar-refractivity contribution < 1.29 is 19.1 Å². The number of hydrogen-bond donors (Lipinski definition) is 1. The summed E-state index contributed by atoms with van der Waals surface area (Å²) in [6.07, 6.45) is 4.93. The van der Waals surface area contributed by atoms with E-state index in [1.807, 2.05) is 0 Å². The van der Waals surface area contributed by atoms with Crippen molar-refractivity contribution in [1.82, 2.24) is 5.32 Å². The third-order valence-electron chi connectivity index (χ3n) is 2.75. The number of nitrogens with one attached hydrogen (secondary N) is 1. The molecule has 2 rings (SSSR count). The first-order chi connectivity index (χ1) is 7.16. The average Bonchev–Trinajstić information content (AvgIpc) is 2.51. The van der Waals surface area contributed by atoms with Crippen LogP contribution in [0.5, 0.6) is 0 Å². The lowest BCUT2D eigenvalue weighted by Gasteiger charge is -2.31. The van der Waals surface area contributed by atoms with Gasteiger partial charge in [0.05, 0.1) is 7.11 Å². The van der Waals surface area contributed by atoms with E-state index in [4.69, 9.17) is 9.47 Å². The lowest BCUT2D eigenvalue weighted by Crippen LogP contribution is -2.47. The van der Waals surface area contributed by atoms with Crippen molar-refractivity contribution >= 4 is 11.8 Å². The minimum atomic E-state index is -1.32. The maximum atomic E-state index is 11.7. The summed E-state index contributed by atoms with van der Waals surface area (Å²) in [5.41, 5.74) is -1.32. The van der Waals surface area contributed by atoms with Crippen LogP contribution in [0.25, 0.3) is 0 Å². The summed E-state index contributed by atoms with van der Waals surface area (Å²) in [6, 6.07) is 0. The number of rotatable bonds is 2. The van der Waals surface area contributed by atoms with Gasteiger partial charge in [-0.15, -0.1) is 0 Å². The molecule has 0 aromatic rings. The van der Waals surface area contributed by atoms with E-state index in [2.05, 4.69) is 5.32 Å². The van der Waals surface area contributed by atoms with E-state index in [-0.39, 0.29) is 5.91 Å². The first-order valence-corrected chi connectivity index (χ1v) is 4.50. The van der Waals surface area contributed by atoms with E-state index >= 15 is 0 Å². The summed E-state index contributed by atoms with van der Waals surface area (Å²) >= 11 is 0. The van der Waals surface area contributed by atoms with Gasteiger partial charge in [0.25, 0.3) is 5.91 Å². The van der Waals surface area contributed by atoms with Crippen molar-refractivity contribution in [2.45, 2.75) is 5.60 Å². The van der Waals surface area contributed by atoms with Crippen LogP contribution in [0.4, 0.5) is 0 Å². The molecule has 80 valence electrons. The van der Waals surface area contributed by atoms with Crippen LogP contribution in [0.15, 0.2) is 24.0 Å². The SMILES string of the molecule is COC1=CC=CC2C(=O)NC(=O)C12OC. The Balaban J connectivity index is 2.55. The zero-order chi connectivity index (χ0) is 11.1. The van der Waals surface area contributed by atoms with E-state index in [0.29, 0.717) is 5.76 Å². The van der Waals surface area contributed by atoms with Crippen LogP contribution in [0.1, 0.15) is 0 Å². The number of imide groups is 1. The molecule has 1 aliphatic heterocycles. The predicted molar refractivity (Wildman–Crippen MR) is 50.6 cm³/mol. The first kappa shape index (κ1) is 9.92. The van der Waals surface area contributed by atoms with Crippen LogP contribution in [0.3, 0.4) is 0 Å². The molecule has 0 aromatic carbocycles. The molecule has 0 radical (unpaired) electrons. The van der Waals surface area contributed by atoms with Crippen LogP contribution in [0.2, 0.25) is 0 Å². The van der Waals surface area contributed by atoms with Crippen molar-refractivity contribution in [3.8, 4) is 0 Å². The Morgan fingerprint density at radius 1 is 1.40 bits per heavy atom. The molecule has 1 aliphatic carbocycles. The number of methoxy groups -OCH3 is 2. The molecule has 2 amide bonds. The fourth-order valence-corrected chi connectivity index (χ4v) is 2.01. The van der Waals surface area contributed by atoms with Gasteiger partial charge in [-0.05, 0) is 6.08 Å². The minimum Gasteiger partial charge on any atom is -0.497 e. The number of carbonyl (C=O) groups is 2. The Morgan fingerprint density at radius 2 is 2.13 bits per heavy atom. The largest absolute Gasteiger partial charge is 0.497 e. The van der Waals surface area contributed by atoms with Gasteiger partial charge in [0.15, 0.2) is 0 Å². The van der Waals surface area contributed by atoms with Crippen molar-refractivity contribution in [2.75, 3.05) is 14.2 Å². The zero-order valence-corrected chi connectivity index (χ0v) is 8.44. The zero-order valence-electron chi connectivity index (χ0n) is 8.44. The van der Waals surface area contributed by atoms with Crippen LogP contribution in [-0.2, 0) is 19.1 Å². The predicted octanol–water partition coefficient (Wildman–Crippen LogP) is -0.256. The second kappa shape index (κ2) is 3.20. The molecule has 0 aromatic heterocycles. The van der Waals surface area contributed by atoms with Gasteiger partial charge in [0.2, 0.25) is 11.5 Å². The molecule has 0 spiro atoms. The number of amides is 2. The summed E-state index contributed by atoms with van der Waals surface area (Å²) in [7, 11) is 2.83. The Morgan fingerprint density at radius 3 is 2.73 bits per heavy atom. The summed E-state index contributed by atoms with van der Waals surface area (Å²) in [5.74, 6) is -1.13. The standard InChI is InChI=1S/C10H11NO4/c1-14-7-5-3-4-6-8(12)11-9(13)10(6,7)15-2/h3-6H,1-2H3,(H,11,12,13). The van der Waals surface area contributed by atoms with Crippen LogP contribution in [-0.4, -0.2) is 31.6 Å². The van der Waals surface area contributed by atoms with Gasteiger partial charge in [-0.1, -0.05) is 12.2 Å². The number of hydrogen-bond acceptors (Lipinski definition) is 4. The quantitative estimate of drug-likeness (QED) is 0.636. The van der Waals surface area contributed by atoms with Gasteiger partial charge in [0.1, 0.15) is 11.7 Å². The smallest absolute Gasteiger partial charge is 0.267 e. The molecule has 0 saturated carbocycles. The number of ether oxygens (including phenoxy) is 2. The van der Waals surface area contributed by atoms with Crippen molar-refractivity contribution in [2.24, 2.45) is 5.92 Å². The van der Waals surface area contributed by atoms with E-state index < -0.39 is 17.4 Å². The van der Waals surface area contributed by atoms with Gasteiger partial charge in [0, 0.05) is 7.11 Å². The molecule has 5 nitrogen and oxygen atoms in total. The molecular formula is C10H11NO4. The Hall–Kier alpha value is -1.62.